The van der Waals surface area contributed by atoms with Crippen LogP contribution in [0.15, 0.2) is 29.4 Å². The third-order valence-electron chi connectivity index (χ3n) is 2.15. The molecule has 3 heteroatoms. The predicted octanol–water partition coefficient (Wildman–Crippen LogP) is 3.25. The summed E-state index contributed by atoms with van der Waals surface area (Å²) in [5, 5.41) is 4.62. The van der Waals surface area contributed by atoms with Gasteiger partial charge < -0.3 is 4.84 Å². The van der Waals surface area contributed by atoms with Crippen LogP contribution in [-0.4, -0.2) is 6.21 Å². The highest BCUT2D eigenvalue weighted by Crippen LogP contribution is 2.26. The van der Waals surface area contributed by atoms with Crippen molar-refractivity contribution in [1.29, 1.82) is 0 Å². The summed E-state index contributed by atoms with van der Waals surface area (Å²) in [5.74, 6) is 0.654. The van der Waals surface area contributed by atoms with E-state index >= 15 is 0 Å². The first kappa shape index (κ1) is 9.53. The Morgan fingerprint density at radius 1 is 1.43 bits per heavy atom. The maximum atomic E-state index is 5.95. The van der Waals surface area contributed by atoms with Crippen LogP contribution in [0.5, 0.6) is 0 Å². The van der Waals surface area contributed by atoms with Gasteiger partial charge in [-0.25, -0.2) is 0 Å². The molecule has 0 spiro atoms. The van der Waals surface area contributed by atoms with E-state index in [4.69, 9.17) is 16.4 Å². The molecule has 14 heavy (non-hydrogen) atoms. The minimum Gasteiger partial charge on any atom is -0.391 e. The van der Waals surface area contributed by atoms with Gasteiger partial charge in [-0.15, -0.1) is 0 Å². The molecule has 74 valence electrons. The van der Waals surface area contributed by atoms with E-state index in [1.165, 1.54) is 12.8 Å². The molecule has 0 heterocycles. The maximum absolute atomic E-state index is 5.95. The summed E-state index contributed by atoms with van der Waals surface area (Å²) in [5.41, 5.74) is 0.974. The molecule has 0 saturated heterocycles. The lowest BCUT2D eigenvalue weighted by Gasteiger charge is -2.01. The molecule has 0 atom stereocenters. The summed E-state index contributed by atoms with van der Waals surface area (Å²) in [6.07, 6.45) is 4.37. The molecule has 1 saturated carbocycles. The number of hydrogen-bond acceptors (Lipinski definition) is 2. The fourth-order valence-corrected chi connectivity index (χ4v) is 1.29. The Kier molecular flexibility index (Phi) is 3.04. The van der Waals surface area contributed by atoms with Gasteiger partial charge >= 0.3 is 0 Å². The Hall–Kier alpha value is -1.02. The topological polar surface area (TPSA) is 21.6 Å². The minimum absolute atomic E-state index is 0.447. The van der Waals surface area contributed by atoms with Gasteiger partial charge in [-0.05, 0) is 24.8 Å². The summed E-state index contributed by atoms with van der Waals surface area (Å²) >= 11 is 5.95. The van der Waals surface area contributed by atoms with Crippen molar-refractivity contribution >= 4 is 17.8 Å². The minimum atomic E-state index is 0.447. The zero-order valence-electron chi connectivity index (χ0n) is 7.82. The average Bonchev–Trinajstić information content (AvgIpc) is 2.99. The van der Waals surface area contributed by atoms with Crippen LogP contribution in [0.4, 0.5) is 0 Å². The second-order valence-corrected chi connectivity index (χ2v) is 3.86. The van der Waals surface area contributed by atoms with E-state index < -0.39 is 0 Å². The monoisotopic (exact) mass is 209 g/mol. The van der Waals surface area contributed by atoms with E-state index in [1.54, 1.807) is 0 Å². The van der Waals surface area contributed by atoms with E-state index in [-0.39, 0.29) is 0 Å². The van der Waals surface area contributed by atoms with Gasteiger partial charge in [-0.2, -0.15) is 0 Å². The second kappa shape index (κ2) is 4.47. The van der Waals surface area contributed by atoms with Gasteiger partial charge in [0.15, 0.2) is 0 Å². The number of hydrogen-bond donors (Lipinski definition) is 0. The SMILES string of the molecule is Clc1ccccc1CON=CC1CC1. The van der Waals surface area contributed by atoms with E-state index in [0.29, 0.717) is 12.5 Å². The van der Waals surface area contributed by atoms with Gasteiger partial charge in [-0.3, -0.25) is 0 Å². The zero-order valence-corrected chi connectivity index (χ0v) is 8.57. The first-order valence-electron chi connectivity index (χ1n) is 4.75. The van der Waals surface area contributed by atoms with Crippen LogP contribution in [0.1, 0.15) is 18.4 Å². The van der Waals surface area contributed by atoms with E-state index in [2.05, 4.69) is 5.16 Å². The number of nitrogens with zero attached hydrogens (tertiary/aromatic N) is 1. The molecule has 0 N–H and O–H groups in total. The van der Waals surface area contributed by atoms with Gasteiger partial charge in [0.2, 0.25) is 0 Å². The van der Waals surface area contributed by atoms with Gasteiger partial charge in [0.25, 0.3) is 0 Å². The smallest absolute Gasteiger partial charge is 0.143 e. The van der Waals surface area contributed by atoms with Crippen LogP contribution < -0.4 is 0 Å². The van der Waals surface area contributed by atoms with Gasteiger partial charge in [-0.1, -0.05) is 35.0 Å². The summed E-state index contributed by atoms with van der Waals surface area (Å²) in [4.78, 5) is 5.14. The number of benzene rings is 1. The number of rotatable bonds is 4. The number of halogens is 1. The molecule has 1 fully saturated rings. The van der Waals surface area contributed by atoms with E-state index in [1.807, 2.05) is 30.5 Å². The molecule has 1 aliphatic carbocycles. The predicted molar refractivity (Wildman–Crippen MR) is 57.5 cm³/mol. The van der Waals surface area contributed by atoms with Crippen LogP contribution >= 0.6 is 11.6 Å². The molecular formula is C11H12ClNO. The lowest BCUT2D eigenvalue weighted by molar-refractivity contribution is 0.131. The molecule has 0 amide bonds. The average molecular weight is 210 g/mol. The fourth-order valence-electron chi connectivity index (χ4n) is 1.10. The van der Waals surface area contributed by atoms with Crippen molar-refractivity contribution in [3.63, 3.8) is 0 Å². The van der Waals surface area contributed by atoms with Gasteiger partial charge in [0.05, 0.1) is 0 Å². The van der Waals surface area contributed by atoms with Crippen LogP contribution in [-0.2, 0) is 11.4 Å². The summed E-state index contributed by atoms with van der Waals surface area (Å²) in [7, 11) is 0. The second-order valence-electron chi connectivity index (χ2n) is 3.46. The van der Waals surface area contributed by atoms with Crippen molar-refractivity contribution in [3.05, 3.63) is 34.9 Å². The van der Waals surface area contributed by atoms with Crippen LogP contribution in [0, 0.1) is 5.92 Å². The Balaban J connectivity index is 1.82. The maximum Gasteiger partial charge on any atom is 0.143 e. The molecule has 0 unspecified atom stereocenters. The third kappa shape index (κ3) is 2.74. The lowest BCUT2D eigenvalue weighted by Crippen LogP contribution is -1.88. The highest BCUT2D eigenvalue weighted by Gasteiger charge is 2.18. The Morgan fingerprint density at radius 3 is 2.93 bits per heavy atom. The van der Waals surface area contributed by atoms with E-state index in [9.17, 15) is 0 Å². The van der Waals surface area contributed by atoms with Crippen molar-refractivity contribution in [2.45, 2.75) is 19.4 Å². The third-order valence-corrected chi connectivity index (χ3v) is 2.51. The molecule has 2 nitrogen and oxygen atoms in total. The molecular weight excluding hydrogens is 198 g/mol. The molecule has 0 aliphatic heterocycles. The van der Waals surface area contributed by atoms with Gasteiger partial charge in [0, 0.05) is 16.8 Å². The summed E-state index contributed by atoms with van der Waals surface area (Å²) in [6.45, 7) is 0.447. The fraction of sp³-hybridized carbons (Fsp3) is 0.364. The Labute approximate surface area is 88.5 Å². The first-order valence-corrected chi connectivity index (χ1v) is 5.13. The lowest BCUT2D eigenvalue weighted by atomic mass is 10.2. The molecule has 2 rings (SSSR count). The molecule has 1 aliphatic rings. The largest absolute Gasteiger partial charge is 0.391 e. The van der Waals surface area contributed by atoms with Crippen molar-refractivity contribution < 1.29 is 4.84 Å². The molecule has 1 aromatic carbocycles. The molecule has 0 radical (unpaired) electrons. The quantitative estimate of drug-likeness (QED) is 0.551. The summed E-state index contributed by atoms with van der Waals surface area (Å²) < 4.78 is 0. The molecule has 0 aromatic heterocycles. The van der Waals surface area contributed by atoms with Crippen LogP contribution in [0.2, 0.25) is 5.02 Å². The Bertz CT molecular complexity index is 334. The standard InChI is InChI=1S/C11H12ClNO/c12-11-4-2-1-3-10(11)8-14-13-7-9-5-6-9/h1-4,7,9H,5-6,8H2. The first-order chi connectivity index (χ1) is 6.86. The van der Waals surface area contributed by atoms with E-state index in [0.717, 1.165) is 10.6 Å². The zero-order chi connectivity index (χ0) is 9.80. The molecule has 0 bridgehead atoms. The normalized spacial score (nSPS) is 16.1. The molecule has 1 aromatic rings. The van der Waals surface area contributed by atoms with Crippen LogP contribution in [0.25, 0.3) is 0 Å². The van der Waals surface area contributed by atoms with Crippen molar-refractivity contribution in [3.8, 4) is 0 Å². The van der Waals surface area contributed by atoms with Gasteiger partial charge in [0.1, 0.15) is 6.61 Å². The summed E-state index contributed by atoms with van der Waals surface area (Å²) in [6, 6.07) is 7.63. The van der Waals surface area contributed by atoms with Crippen molar-refractivity contribution in [1.82, 2.24) is 0 Å². The van der Waals surface area contributed by atoms with Crippen molar-refractivity contribution in [2.75, 3.05) is 0 Å². The highest BCUT2D eigenvalue weighted by atomic mass is 35.5. The van der Waals surface area contributed by atoms with Crippen molar-refractivity contribution in [2.24, 2.45) is 11.1 Å². The number of oxime groups is 1. The highest BCUT2D eigenvalue weighted by molar-refractivity contribution is 6.31. The Morgan fingerprint density at radius 2 is 2.21 bits per heavy atom. The van der Waals surface area contributed by atoms with Crippen LogP contribution in [0.3, 0.4) is 0 Å².